The molecular weight excluding hydrogens is 396 g/mol. The number of anilines is 2. The number of rotatable bonds is 6. The Kier molecular flexibility index (Phi) is 6.13. The second-order valence-electron chi connectivity index (χ2n) is 6.53. The Morgan fingerprint density at radius 1 is 1.07 bits per heavy atom. The summed E-state index contributed by atoms with van der Waals surface area (Å²) in [7, 11) is 0. The number of hydrogen-bond acceptors (Lipinski definition) is 4. The van der Waals surface area contributed by atoms with Crippen LogP contribution in [0.1, 0.15) is 18.9 Å². The van der Waals surface area contributed by atoms with Gasteiger partial charge in [-0.1, -0.05) is 35.9 Å². The molecule has 3 N–H and O–H groups in total. The van der Waals surface area contributed by atoms with Crippen molar-refractivity contribution in [2.45, 2.75) is 25.9 Å². The zero-order chi connectivity index (χ0) is 21.0. The minimum absolute atomic E-state index is 0.0290. The Balaban J connectivity index is 1.61. The minimum atomic E-state index is -0.955. The molecule has 150 valence electrons. The summed E-state index contributed by atoms with van der Waals surface area (Å²) in [5.41, 5.74) is 1.63. The lowest BCUT2D eigenvalue weighted by Crippen LogP contribution is -2.34. The fourth-order valence-corrected chi connectivity index (χ4v) is 3.13. The van der Waals surface area contributed by atoms with Crippen LogP contribution in [-0.2, 0) is 20.9 Å². The average molecular weight is 415 g/mol. The number of nitrogens with one attached hydrogen (secondary N) is 3. The number of amides is 5. The van der Waals surface area contributed by atoms with E-state index in [0.717, 1.165) is 4.90 Å². The third kappa shape index (κ3) is 5.11. The maximum absolute atomic E-state index is 12.6. The highest BCUT2D eigenvalue weighted by molar-refractivity contribution is 6.31. The van der Waals surface area contributed by atoms with Gasteiger partial charge in [-0.2, -0.15) is 0 Å². The summed E-state index contributed by atoms with van der Waals surface area (Å²) in [6, 6.07) is 12.0. The molecule has 9 heteroatoms. The Bertz CT molecular complexity index is 978. The number of nitrogens with zero attached hydrogens (tertiary/aromatic N) is 1. The first-order chi connectivity index (χ1) is 13.8. The monoisotopic (exact) mass is 414 g/mol. The standard InChI is InChI=1S/C20H19ClN4O4/c1-12(26)22-14-6-4-7-15(9-14)23-18(27)10-17-19(28)25(20(29)24-17)11-13-5-2-3-8-16(13)21/h2-9,17H,10-11H2,1H3,(H,22,26)(H,23,27)(H,24,29)/t17-/m0/s1. The van der Waals surface area contributed by atoms with Crippen molar-refractivity contribution in [3.8, 4) is 0 Å². The summed E-state index contributed by atoms with van der Waals surface area (Å²) in [5.74, 6) is -1.16. The first-order valence-corrected chi connectivity index (χ1v) is 9.24. The third-order valence-electron chi connectivity index (χ3n) is 4.25. The van der Waals surface area contributed by atoms with Crippen LogP contribution in [0.5, 0.6) is 0 Å². The highest BCUT2D eigenvalue weighted by Crippen LogP contribution is 2.21. The molecule has 0 radical (unpaired) electrons. The third-order valence-corrected chi connectivity index (χ3v) is 4.62. The smallest absolute Gasteiger partial charge is 0.325 e. The Hall–Kier alpha value is -3.39. The number of halogens is 1. The van der Waals surface area contributed by atoms with Gasteiger partial charge in [0.15, 0.2) is 0 Å². The van der Waals surface area contributed by atoms with Gasteiger partial charge in [0.2, 0.25) is 11.8 Å². The van der Waals surface area contributed by atoms with Gasteiger partial charge in [-0.25, -0.2) is 4.79 Å². The van der Waals surface area contributed by atoms with Crippen LogP contribution in [0.4, 0.5) is 16.2 Å². The van der Waals surface area contributed by atoms with Crippen LogP contribution in [0.3, 0.4) is 0 Å². The minimum Gasteiger partial charge on any atom is -0.326 e. The molecule has 2 aromatic carbocycles. The van der Waals surface area contributed by atoms with Crippen LogP contribution in [0, 0.1) is 0 Å². The van der Waals surface area contributed by atoms with Crippen molar-refractivity contribution in [1.29, 1.82) is 0 Å². The largest absolute Gasteiger partial charge is 0.326 e. The Morgan fingerprint density at radius 3 is 2.45 bits per heavy atom. The normalized spacial score (nSPS) is 15.8. The van der Waals surface area contributed by atoms with Crippen molar-refractivity contribution < 1.29 is 19.2 Å². The van der Waals surface area contributed by atoms with E-state index in [2.05, 4.69) is 16.0 Å². The van der Waals surface area contributed by atoms with E-state index in [1.54, 1.807) is 48.5 Å². The number of urea groups is 1. The molecule has 0 unspecified atom stereocenters. The van der Waals surface area contributed by atoms with Crippen molar-refractivity contribution >= 4 is 46.7 Å². The van der Waals surface area contributed by atoms with Gasteiger partial charge in [0.05, 0.1) is 13.0 Å². The predicted octanol–water partition coefficient (Wildman–Crippen LogP) is 2.75. The molecule has 5 amide bonds. The van der Waals surface area contributed by atoms with Gasteiger partial charge in [0.25, 0.3) is 5.91 Å². The summed E-state index contributed by atoms with van der Waals surface area (Å²) in [5, 5.41) is 8.25. The van der Waals surface area contributed by atoms with Gasteiger partial charge < -0.3 is 16.0 Å². The van der Waals surface area contributed by atoms with E-state index in [-0.39, 0.29) is 18.9 Å². The van der Waals surface area contributed by atoms with Crippen molar-refractivity contribution in [2.24, 2.45) is 0 Å². The van der Waals surface area contributed by atoms with E-state index < -0.39 is 23.9 Å². The SMILES string of the molecule is CC(=O)Nc1cccc(NC(=O)C[C@@H]2NC(=O)N(Cc3ccccc3Cl)C2=O)c1. The molecule has 1 fully saturated rings. The van der Waals surface area contributed by atoms with Crippen LogP contribution in [-0.4, -0.2) is 34.7 Å². The fraction of sp³-hybridized carbons (Fsp3) is 0.200. The van der Waals surface area contributed by atoms with Gasteiger partial charge in [-0.15, -0.1) is 0 Å². The number of carbonyl (C=O) groups is 4. The highest BCUT2D eigenvalue weighted by atomic mass is 35.5. The van der Waals surface area contributed by atoms with Gasteiger partial charge in [0, 0.05) is 23.3 Å². The number of carbonyl (C=O) groups excluding carboxylic acids is 4. The quantitative estimate of drug-likeness (QED) is 0.631. The Morgan fingerprint density at radius 2 is 1.76 bits per heavy atom. The molecule has 1 saturated heterocycles. The van der Waals surface area contributed by atoms with Crippen molar-refractivity contribution in [1.82, 2.24) is 10.2 Å². The fourth-order valence-electron chi connectivity index (χ4n) is 2.94. The second kappa shape index (κ2) is 8.74. The van der Waals surface area contributed by atoms with Gasteiger partial charge in [0.1, 0.15) is 6.04 Å². The van der Waals surface area contributed by atoms with Gasteiger partial charge in [-0.05, 0) is 29.8 Å². The lowest BCUT2D eigenvalue weighted by Gasteiger charge is -2.14. The maximum atomic E-state index is 12.6. The molecule has 0 spiro atoms. The van der Waals surface area contributed by atoms with E-state index >= 15 is 0 Å². The molecule has 1 aliphatic heterocycles. The van der Waals surface area contributed by atoms with Crippen molar-refractivity contribution in [3.63, 3.8) is 0 Å². The van der Waals surface area contributed by atoms with Crippen LogP contribution < -0.4 is 16.0 Å². The van der Waals surface area contributed by atoms with E-state index in [1.165, 1.54) is 6.92 Å². The van der Waals surface area contributed by atoms with Crippen LogP contribution in [0.15, 0.2) is 48.5 Å². The van der Waals surface area contributed by atoms with Crippen LogP contribution >= 0.6 is 11.6 Å². The molecular formula is C20H19ClN4O4. The zero-order valence-electron chi connectivity index (χ0n) is 15.6. The first-order valence-electron chi connectivity index (χ1n) is 8.86. The maximum Gasteiger partial charge on any atom is 0.325 e. The van der Waals surface area contributed by atoms with Crippen molar-refractivity contribution in [3.05, 3.63) is 59.1 Å². The van der Waals surface area contributed by atoms with E-state index in [0.29, 0.717) is 22.0 Å². The van der Waals surface area contributed by atoms with Crippen LogP contribution in [0.2, 0.25) is 5.02 Å². The first kappa shape index (κ1) is 20.3. The molecule has 1 aliphatic rings. The summed E-state index contributed by atoms with van der Waals surface area (Å²) in [6.07, 6.45) is -0.214. The molecule has 29 heavy (non-hydrogen) atoms. The average Bonchev–Trinajstić information content (AvgIpc) is 2.90. The molecule has 0 bridgehead atoms. The molecule has 3 rings (SSSR count). The predicted molar refractivity (Wildman–Crippen MR) is 108 cm³/mol. The molecule has 8 nitrogen and oxygen atoms in total. The molecule has 0 aromatic heterocycles. The van der Waals surface area contributed by atoms with Gasteiger partial charge >= 0.3 is 6.03 Å². The van der Waals surface area contributed by atoms with E-state index in [1.807, 2.05) is 0 Å². The van der Waals surface area contributed by atoms with Gasteiger partial charge in [-0.3, -0.25) is 19.3 Å². The molecule has 2 aromatic rings. The lowest BCUT2D eigenvalue weighted by molar-refractivity contribution is -0.130. The second-order valence-corrected chi connectivity index (χ2v) is 6.94. The number of benzene rings is 2. The lowest BCUT2D eigenvalue weighted by atomic mass is 10.1. The van der Waals surface area contributed by atoms with Crippen LogP contribution in [0.25, 0.3) is 0 Å². The summed E-state index contributed by atoms with van der Waals surface area (Å²) in [4.78, 5) is 49.3. The molecule has 1 atom stereocenters. The number of imide groups is 1. The Labute approximate surface area is 172 Å². The summed E-state index contributed by atoms with van der Waals surface area (Å²) in [6.45, 7) is 1.41. The van der Waals surface area contributed by atoms with E-state index in [9.17, 15) is 19.2 Å². The summed E-state index contributed by atoms with van der Waals surface area (Å²) < 4.78 is 0. The molecule has 0 aliphatic carbocycles. The topological polar surface area (TPSA) is 108 Å². The molecule has 1 heterocycles. The zero-order valence-corrected chi connectivity index (χ0v) is 16.3. The van der Waals surface area contributed by atoms with E-state index in [4.69, 9.17) is 11.6 Å². The molecule has 0 saturated carbocycles. The summed E-state index contributed by atoms with van der Waals surface area (Å²) >= 11 is 6.09. The highest BCUT2D eigenvalue weighted by Gasteiger charge is 2.39. The number of hydrogen-bond donors (Lipinski definition) is 3. The van der Waals surface area contributed by atoms with Crippen molar-refractivity contribution in [2.75, 3.05) is 10.6 Å².